The number of rotatable bonds is 4. The molecule has 0 N–H and O–H groups in total. The predicted octanol–water partition coefficient (Wildman–Crippen LogP) is 6.84. The van der Waals surface area contributed by atoms with Crippen molar-refractivity contribution >= 4 is 26.3 Å². The summed E-state index contributed by atoms with van der Waals surface area (Å²) in [6, 6.07) is 13.7. The molecule has 0 radical (unpaired) electrons. The normalized spacial score (nSPS) is 16.2. The first kappa shape index (κ1) is 24.0. The quantitative estimate of drug-likeness (QED) is 0.292. The summed E-state index contributed by atoms with van der Waals surface area (Å²) in [4.78, 5) is 17.0. The number of ether oxygens (including phenoxy) is 1. The molecule has 0 spiro atoms. The zero-order valence-corrected chi connectivity index (χ0v) is 21.8. The standard InChI is InChI=1S/C27H35NO3Si/c1-26(2,3)20-15-18(16-21(27(4,5)6)23(20)31-32(7,8)9)17-22-25(29)30-24(28-22)19-13-11-10-12-14-19/h10-17H,1-9H3/b22-17+. The molecule has 1 heterocycles. The minimum atomic E-state index is -1.84. The molecule has 0 unspecified atom stereocenters. The van der Waals surface area contributed by atoms with Crippen LogP contribution in [0.3, 0.4) is 0 Å². The van der Waals surface area contributed by atoms with Crippen LogP contribution in [0.15, 0.2) is 53.2 Å². The first-order valence-electron chi connectivity index (χ1n) is 11.1. The number of benzene rings is 2. The lowest BCUT2D eigenvalue weighted by Crippen LogP contribution is -2.32. The molecular weight excluding hydrogens is 414 g/mol. The molecule has 2 aromatic rings. The third-order valence-corrected chi connectivity index (χ3v) is 5.90. The highest BCUT2D eigenvalue weighted by molar-refractivity contribution is 6.70. The van der Waals surface area contributed by atoms with Gasteiger partial charge in [0.25, 0.3) is 0 Å². The van der Waals surface area contributed by atoms with E-state index in [0.717, 1.165) is 28.0 Å². The third-order valence-electron chi connectivity index (χ3n) is 5.08. The number of esters is 1. The van der Waals surface area contributed by atoms with Crippen molar-refractivity contribution in [1.82, 2.24) is 0 Å². The smallest absolute Gasteiger partial charge is 0.363 e. The second kappa shape index (κ2) is 8.36. The molecule has 4 nitrogen and oxygen atoms in total. The van der Waals surface area contributed by atoms with Crippen molar-refractivity contribution in [3.05, 3.63) is 70.4 Å². The molecule has 1 aliphatic heterocycles. The average molecular weight is 450 g/mol. The van der Waals surface area contributed by atoms with Gasteiger partial charge in [-0.15, -0.1) is 0 Å². The lowest BCUT2D eigenvalue weighted by atomic mass is 9.78. The maximum Gasteiger partial charge on any atom is 0.363 e. The summed E-state index contributed by atoms with van der Waals surface area (Å²) in [6.07, 6.45) is 1.82. The van der Waals surface area contributed by atoms with Crippen LogP contribution in [-0.4, -0.2) is 20.2 Å². The largest absolute Gasteiger partial charge is 0.544 e. The van der Waals surface area contributed by atoms with E-state index >= 15 is 0 Å². The molecule has 0 bridgehead atoms. The fraction of sp³-hybridized carbons (Fsp3) is 0.407. The van der Waals surface area contributed by atoms with Crippen LogP contribution in [0.5, 0.6) is 5.75 Å². The van der Waals surface area contributed by atoms with Gasteiger partial charge in [0.15, 0.2) is 5.70 Å². The second-order valence-corrected chi connectivity index (χ2v) is 15.8. The van der Waals surface area contributed by atoms with Crippen molar-refractivity contribution < 1.29 is 14.0 Å². The van der Waals surface area contributed by atoms with Crippen LogP contribution in [0.1, 0.15) is 63.8 Å². The molecule has 32 heavy (non-hydrogen) atoms. The highest BCUT2D eigenvalue weighted by atomic mass is 28.4. The highest BCUT2D eigenvalue weighted by Gasteiger charge is 2.31. The summed E-state index contributed by atoms with van der Waals surface area (Å²) in [5.74, 6) is 0.891. The summed E-state index contributed by atoms with van der Waals surface area (Å²) in [7, 11) is -1.84. The van der Waals surface area contributed by atoms with E-state index in [0.29, 0.717) is 11.6 Å². The number of carbonyl (C=O) groups is 1. The summed E-state index contributed by atoms with van der Waals surface area (Å²) in [5, 5.41) is 0. The van der Waals surface area contributed by atoms with Crippen LogP contribution in [0.25, 0.3) is 6.08 Å². The molecule has 3 rings (SSSR count). The van der Waals surface area contributed by atoms with Crippen LogP contribution in [0, 0.1) is 0 Å². The topological polar surface area (TPSA) is 47.9 Å². The Balaban J connectivity index is 2.17. The van der Waals surface area contributed by atoms with Crippen LogP contribution >= 0.6 is 0 Å². The van der Waals surface area contributed by atoms with E-state index < -0.39 is 14.3 Å². The molecule has 0 amide bonds. The third kappa shape index (κ3) is 5.57. The monoisotopic (exact) mass is 449 g/mol. The number of cyclic esters (lactones) is 1. The van der Waals surface area contributed by atoms with Crippen LogP contribution in [0.2, 0.25) is 19.6 Å². The van der Waals surface area contributed by atoms with Crippen molar-refractivity contribution in [3.63, 3.8) is 0 Å². The Bertz CT molecular complexity index is 1040. The Morgan fingerprint density at radius 1 is 0.906 bits per heavy atom. The van der Waals surface area contributed by atoms with Gasteiger partial charge in [0, 0.05) is 5.56 Å². The number of aliphatic imine (C=N–C) groups is 1. The minimum absolute atomic E-state index is 0.127. The summed E-state index contributed by atoms with van der Waals surface area (Å²) in [5.41, 5.74) is 4.04. The van der Waals surface area contributed by atoms with Crippen LogP contribution < -0.4 is 4.43 Å². The Morgan fingerprint density at radius 2 is 1.44 bits per heavy atom. The van der Waals surface area contributed by atoms with Gasteiger partial charge in [0.2, 0.25) is 14.2 Å². The summed E-state index contributed by atoms with van der Waals surface area (Å²) >= 11 is 0. The van der Waals surface area contributed by atoms with Gasteiger partial charge in [-0.1, -0.05) is 59.7 Å². The van der Waals surface area contributed by atoms with Crippen molar-refractivity contribution in [2.24, 2.45) is 4.99 Å². The molecule has 5 heteroatoms. The molecule has 0 saturated carbocycles. The van der Waals surface area contributed by atoms with Gasteiger partial charge in [0.1, 0.15) is 5.75 Å². The van der Waals surface area contributed by atoms with E-state index in [1.807, 2.05) is 36.4 Å². The molecule has 0 atom stereocenters. The van der Waals surface area contributed by atoms with Gasteiger partial charge in [-0.05, 0) is 77.5 Å². The lowest BCUT2D eigenvalue weighted by Gasteiger charge is -2.33. The summed E-state index contributed by atoms with van der Waals surface area (Å²) < 4.78 is 12.1. The number of hydrogen-bond donors (Lipinski definition) is 0. The lowest BCUT2D eigenvalue weighted by molar-refractivity contribution is -0.129. The first-order chi connectivity index (χ1) is 14.6. The molecule has 1 aliphatic rings. The SMILES string of the molecule is CC(C)(C)c1cc(/C=C2/N=C(c3ccccc3)OC2=O)cc(C(C)(C)C)c1O[Si](C)(C)C. The van der Waals surface area contributed by atoms with E-state index in [1.54, 1.807) is 0 Å². The number of carbonyl (C=O) groups excluding carboxylic acids is 1. The van der Waals surface area contributed by atoms with Gasteiger partial charge < -0.3 is 9.16 Å². The Labute approximate surface area is 193 Å². The average Bonchev–Trinajstić information content (AvgIpc) is 3.01. The van der Waals surface area contributed by atoms with Crippen LogP contribution in [-0.2, 0) is 20.4 Å². The van der Waals surface area contributed by atoms with E-state index in [1.165, 1.54) is 0 Å². The summed E-state index contributed by atoms with van der Waals surface area (Å²) in [6.45, 7) is 19.8. The molecule has 0 aromatic heterocycles. The molecule has 0 saturated heterocycles. The zero-order chi connectivity index (χ0) is 23.9. The molecule has 0 aliphatic carbocycles. The van der Waals surface area contributed by atoms with E-state index in [9.17, 15) is 4.79 Å². The maximum absolute atomic E-state index is 12.6. The second-order valence-electron chi connectivity index (χ2n) is 11.4. The van der Waals surface area contributed by atoms with Crippen molar-refractivity contribution in [2.45, 2.75) is 72.0 Å². The fourth-order valence-corrected chi connectivity index (χ4v) is 4.37. The zero-order valence-electron chi connectivity index (χ0n) is 20.8. The first-order valence-corrected chi connectivity index (χ1v) is 14.5. The Hall–Kier alpha value is -2.66. The fourth-order valence-electron chi connectivity index (χ4n) is 3.54. The van der Waals surface area contributed by atoms with Crippen LogP contribution in [0.4, 0.5) is 0 Å². The van der Waals surface area contributed by atoms with Crippen molar-refractivity contribution in [3.8, 4) is 5.75 Å². The minimum Gasteiger partial charge on any atom is -0.544 e. The van der Waals surface area contributed by atoms with Gasteiger partial charge in [0.05, 0.1) is 0 Å². The highest BCUT2D eigenvalue weighted by Crippen LogP contribution is 2.42. The maximum atomic E-state index is 12.6. The van der Waals surface area contributed by atoms with Gasteiger partial charge in [-0.25, -0.2) is 9.79 Å². The molecule has 170 valence electrons. The van der Waals surface area contributed by atoms with E-state index in [4.69, 9.17) is 9.16 Å². The van der Waals surface area contributed by atoms with E-state index in [-0.39, 0.29) is 10.8 Å². The van der Waals surface area contributed by atoms with Crippen molar-refractivity contribution in [2.75, 3.05) is 0 Å². The number of nitrogens with zero attached hydrogens (tertiary/aromatic N) is 1. The Kier molecular flexibility index (Phi) is 6.27. The van der Waals surface area contributed by atoms with Gasteiger partial charge in [-0.3, -0.25) is 0 Å². The Morgan fingerprint density at radius 3 is 1.91 bits per heavy atom. The number of hydrogen-bond acceptors (Lipinski definition) is 4. The molecule has 2 aromatic carbocycles. The molecule has 0 fully saturated rings. The van der Waals surface area contributed by atoms with Gasteiger partial charge >= 0.3 is 5.97 Å². The van der Waals surface area contributed by atoms with E-state index in [2.05, 4.69) is 78.3 Å². The van der Waals surface area contributed by atoms with Gasteiger partial charge in [-0.2, -0.15) is 0 Å². The van der Waals surface area contributed by atoms with Crippen molar-refractivity contribution in [1.29, 1.82) is 0 Å². The predicted molar refractivity (Wildman–Crippen MR) is 135 cm³/mol. The molecular formula is C27H35NO3Si.